The average molecular weight is 352 g/mol. The van der Waals surface area contributed by atoms with E-state index >= 15 is 0 Å². The number of aromatic nitrogens is 1. The molecule has 0 saturated carbocycles. The van der Waals surface area contributed by atoms with Crippen molar-refractivity contribution < 1.29 is 19.0 Å². The molecule has 132 valence electrons. The van der Waals surface area contributed by atoms with Gasteiger partial charge < -0.3 is 18.8 Å². The number of methoxy groups -OCH3 is 3. The van der Waals surface area contributed by atoms with Gasteiger partial charge in [-0.1, -0.05) is 32.1 Å². The minimum atomic E-state index is -0.523. The van der Waals surface area contributed by atoms with E-state index in [4.69, 9.17) is 14.2 Å². The summed E-state index contributed by atoms with van der Waals surface area (Å²) in [6, 6.07) is 3.81. The maximum absolute atomic E-state index is 12.3. The van der Waals surface area contributed by atoms with Crippen LogP contribution in [0.4, 0.5) is 0 Å². The van der Waals surface area contributed by atoms with E-state index < -0.39 is 5.41 Å². The molecule has 0 fully saturated rings. The van der Waals surface area contributed by atoms with Crippen LogP contribution >= 0.6 is 11.3 Å². The number of carbonyl (C=O) groups is 1. The summed E-state index contributed by atoms with van der Waals surface area (Å²) < 4.78 is 18.9. The first-order valence-corrected chi connectivity index (χ1v) is 8.47. The lowest BCUT2D eigenvalue weighted by Gasteiger charge is -2.12. The Labute approximate surface area is 145 Å². The van der Waals surface area contributed by atoms with Gasteiger partial charge in [0, 0.05) is 31.2 Å². The molecule has 0 bridgehead atoms. The van der Waals surface area contributed by atoms with Crippen molar-refractivity contribution in [1.29, 1.82) is 0 Å². The predicted molar refractivity (Wildman–Crippen MR) is 94.8 cm³/mol. The van der Waals surface area contributed by atoms with Crippen LogP contribution < -0.4 is 14.3 Å². The molecule has 0 saturated heterocycles. The van der Waals surface area contributed by atoms with Gasteiger partial charge in [-0.05, 0) is 0 Å². The van der Waals surface area contributed by atoms with Gasteiger partial charge >= 0.3 is 0 Å². The van der Waals surface area contributed by atoms with Gasteiger partial charge in [0.1, 0.15) is 0 Å². The van der Waals surface area contributed by atoms with Crippen molar-refractivity contribution >= 4 is 27.5 Å². The van der Waals surface area contributed by atoms with E-state index in [1.807, 2.05) is 37.5 Å². The summed E-state index contributed by atoms with van der Waals surface area (Å²) in [6.07, 6.45) is 0. The summed E-state index contributed by atoms with van der Waals surface area (Å²) in [7, 11) is 4.85. The number of benzene rings is 1. The fourth-order valence-corrected chi connectivity index (χ4v) is 3.20. The van der Waals surface area contributed by atoms with Crippen LogP contribution in [0, 0.1) is 5.41 Å². The van der Waals surface area contributed by atoms with Gasteiger partial charge in [0.05, 0.1) is 31.0 Å². The zero-order chi connectivity index (χ0) is 17.9. The van der Waals surface area contributed by atoms with Crippen molar-refractivity contribution in [1.82, 2.24) is 4.57 Å². The monoisotopic (exact) mass is 352 g/mol. The molecule has 1 aromatic heterocycles. The molecule has 0 atom stereocenters. The standard InChI is InChI=1S/C17H24N2O4S/c1-17(2,3)15(20)18-16-19(7-8-21-4)11-9-12(22-5)13(23-6)10-14(11)24-16/h9-10H,7-8H2,1-6H3. The highest BCUT2D eigenvalue weighted by molar-refractivity contribution is 7.16. The Kier molecular flexibility index (Phi) is 5.66. The van der Waals surface area contributed by atoms with Gasteiger partial charge in [-0.25, -0.2) is 0 Å². The summed E-state index contributed by atoms with van der Waals surface area (Å²) >= 11 is 1.45. The highest BCUT2D eigenvalue weighted by Gasteiger charge is 2.21. The molecule has 24 heavy (non-hydrogen) atoms. The van der Waals surface area contributed by atoms with Gasteiger partial charge in [0.25, 0.3) is 5.91 Å². The van der Waals surface area contributed by atoms with Crippen LogP contribution in [-0.2, 0) is 16.1 Å². The van der Waals surface area contributed by atoms with E-state index in [0.717, 1.165) is 10.2 Å². The second-order valence-corrected chi connectivity index (χ2v) is 7.38. The van der Waals surface area contributed by atoms with Crippen molar-refractivity contribution in [3.8, 4) is 11.5 Å². The van der Waals surface area contributed by atoms with Crippen LogP contribution in [0.5, 0.6) is 11.5 Å². The lowest BCUT2D eigenvalue weighted by molar-refractivity contribution is -0.125. The number of ether oxygens (including phenoxy) is 3. The minimum Gasteiger partial charge on any atom is -0.493 e. The predicted octanol–water partition coefficient (Wildman–Crippen LogP) is 2.84. The summed E-state index contributed by atoms with van der Waals surface area (Å²) in [5, 5.41) is 0. The molecule has 1 aromatic carbocycles. The van der Waals surface area contributed by atoms with E-state index in [2.05, 4.69) is 4.99 Å². The highest BCUT2D eigenvalue weighted by atomic mass is 32.1. The van der Waals surface area contributed by atoms with Crippen LogP contribution in [0.2, 0.25) is 0 Å². The van der Waals surface area contributed by atoms with Crippen LogP contribution in [0.25, 0.3) is 10.2 Å². The summed E-state index contributed by atoms with van der Waals surface area (Å²) in [5.74, 6) is 1.14. The fourth-order valence-electron chi connectivity index (χ4n) is 2.14. The molecule has 2 aromatic rings. The van der Waals surface area contributed by atoms with Gasteiger partial charge in [0.15, 0.2) is 16.3 Å². The third kappa shape index (κ3) is 3.79. The lowest BCUT2D eigenvalue weighted by Crippen LogP contribution is -2.24. The lowest BCUT2D eigenvalue weighted by atomic mass is 9.96. The number of carbonyl (C=O) groups excluding carboxylic acids is 1. The zero-order valence-corrected chi connectivity index (χ0v) is 15.8. The molecule has 0 unspecified atom stereocenters. The largest absolute Gasteiger partial charge is 0.493 e. The molecule has 1 amide bonds. The maximum Gasteiger partial charge on any atom is 0.253 e. The number of amides is 1. The van der Waals surface area contributed by atoms with Crippen molar-refractivity contribution in [2.45, 2.75) is 27.3 Å². The molecule has 2 rings (SSSR count). The normalized spacial score (nSPS) is 12.7. The SMILES string of the molecule is COCCn1c(=NC(=O)C(C)(C)C)sc2cc(OC)c(OC)cc21. The molecular weight excluding hydrogens is 328 g/mol. The third-order valence-corrected chi connectivity index (χ3v) is 4.59. The molecule has 0 spiro atoms. The Morgan fingerprint density at radius 1 is 1.17 bits per heavy atom. The summed E-state index contributed by atoms with van der Waals surface area (Å²) in [6.45, 7) is 6.70. The van der Waals surface area contributed by atoms with Gasteiger partial charge in [-0.2, -0.15) is 4.99 Å². The average Bonchev–Trinajstić information content (AvgIpc) is 2.86. The van der Waals surface area contributed by atoms with Crippen molar-refractivity contribution in [2.24, 2.45) is 10.4 Å². The van der Waals surface area contributed by atoms with E-state index in [1.54, 1.807) is 21.3 Å². The first-order chi connectivity index (χ1) is 11.3. The molecule has 0 aliphatic rings. The van der Waals surface area contributed by atoms with Gasteiger partial charge in [0.2, 0.25) is 0 Å². The number of nitrogens with zero attached hydrogens (tertiary/aromatic N) is 2. The minimum absolute atomic E-state index is 0.154. The Morgan fingerprint density at radius 2 is 1.79 bits per heavy atom. The second-order valence-electron chi connectivity index (χ2n) is 6.37. The smallest absolute Gasteiger partial charge is 0.253 e. The summed E-state index contributed by atoms with van der Waals surface area (Å²) in [5.41, 5.74) is 0.417. The Morgan fingerprint density at radius 3 is 2.33 bits per heavy atom. The second kappa shape index (κ2) is 7.36. The van der Waals surface area contributed by atoms with Crippen molar-refractivity contribution in [2.75, 3.05) is 27.9 Å². The highest BCUT2D eigenvalue weighted by Crippen LogP contribution is 2.33. The summed E-state index contributed by atoms with van der Waals surface area (Å²) in [4.78, 5) is 17.3. The van der Waals surface area contributed by atoms with E-state index in [9.17, 15) is 4.79 Å². The maximum atomic E-state index is 12.3. The number of thiazole rings is 1. The molecule has 7 heteroatoms. The van der Waals surface area contributed by atoms with Gasteiger partial charge in [-0.3, -0.25) is 4.79 Å². The number of fused-ring (bicyclic) bond motifs is 1. The molecule has 0 N–H and O–H groups in total. The third-order valence-electron chi connectivity index (χ3n) is 3.55. The number of rotatable bonds is 5. The van der Waals surface area contributed by atoms with Crippen LogP contribution in [-0.4, -0.2) is 38.4 Å². The van der Waals surface area contributed by atoms with Crippen molar-refractivity contribution in [3.05, 3.63) is 16.9 Å². The van der Waals surface area contributed by atoms with Gasteiger partial charge in [-0.15, -0.1) is 0 Å². The molecule has 0 aliphatic heterocycles. The fraction of sp³-hybridized carbons (Fsp3) is 0.529. The van der Waals surface area contributed by atoms with E-state index in [0.29, 0.717) is 29.5 Å². The Bertz CT molecular complexity index is 799. The number of hydrogen-bond donors (Lipinski definition) is 0. The molecule has 0 aliphatic carbocycles. The van der Waals surface area contributed by atoms with E-state index in [1.165, 1.54) is 11.3 Å². The van der Waals surface area contributed by atoms with Crippen LogP contribution in [0.1, 0.15) is 20.8 Å². The molecule has 0 radical (unpaired) electrons. The number of hydrogen-bond acceptors (Lipinski definition) is 5. The van der Waals surface area contributed by atoms with Crippen molar-refractivity contribution in [3.63, 3.8) is 0 Å². The molecular formula is C17H24N2O4S. The Balaban J connectivity index is 2.70. The quantitative estimate of drug-likeness (QED) is 0.830. The topological polar surface area (TPSA) is 62.1 Å². The molecule has 1 heterocycles. The van der Waals surface area contributed by atoms with E-state index in [-0.39, 0.29) is 5.91 Å². The van der Waals surface area contributed by atoms with Crippen LogP contribution in [0.15, 0.2) is 17.1 Å². The van der Waals surface area contributed by atoms with Crippen LogP contribution in [0.3, 0.4) is 0 Å². The Hall–Kier alpha value is -1.86. The zero-order valence-electron chi connectivity index (χ0n) is 15.0. The first kappa shape index (κ1) is 18.5. The molecule has 6 nitrogen and oxygen atoms in total. The first-order valence-electron chi connectivity index (χ1n) is 7.65.